The highest BCUT2D eigenvalue weighted by atomic mass is 16.5. The molecule has 0 bridgehead atoms. The van der Waals surface area contributed by atoms with Crippen molar-refractivity contribution >= 4 is 17.4 Å². The number of carbonyl (C=O) groups is 2. The minimum atomic E-state index is -0.202. The molecule has 1 heterocycles. The standard InChI is InChI=1S/C17H23NO3/c1-3-16(19)13-8-10-14(11-9-13)18-12-6-5-7-15(18)17(20)21-4-2/h8-11,15H,3-7,12H2,1-2H3. The molecule has 2 rings (SSSR count). The van der Waals surface area contributed by atoms with Crippen molar-refractivity contribution in [2.24, 2.45) is 0 Å². The van der Waals surface area contributed by atoms with Gasteiger partial charge in [-0.05, 0) is 50.5 Å². The maximum absolute atomic E-state index is 12.1. The average Bonchev–Trinajstić information content (AvgIpc) is 2.54. The fraction of sp³-hybridized carbons (Fsp3) is 0.529. The Balaban J connectivity index is 2.17. The summed E-state index contributed by atoms with van der Waals surface area (Å²) < 4.78 is 5.18. The Morgan fingerprint density at radius 3 is 2.52 bits per heavy atom. The number of nitrogens with zero attached hydrogens (tertiary/aromatic N) is 1. The topological polar surface area (TPSA) is 46.6 Å². The van der Waals surface area contributed by atoms with E-state index in [0.717, 1.165) is 37.1 Å². The molecule has 0 amide bonds. The van der Waals surface area contributed by atoms with E-state index in [9.17, 15) is 9.59 Å². The normalized spacial score (nSPS) is 18.4. The highest BCUT2D eigenvalue weighted by Gasteiger charge is 2.29. The minimum Gasteiger partial charge on any atom is -0.464 e. The second kappa shape index (κ2) is 7.25. The van der Waals surface area contributed by atoms with Crippen molar-refractivity contribution in [3.63, 3.8) is 0 Å². The summed E-state index contributed by atoms with van der Waals surface area (Å²) in [5.74, 6) is -0.00644. The Bertz CT molecular complexity index is 495. The van der Waals surface area contributed by atoms with Crippen molar-refractivity contribution in [2.45, 2.75) is 45.6 Å². The minimum absolute atomic E-state index is 0.141. The van der Waals surface area contributed by atoms with Crippen LogP contribution in [-0.4, -0.2) is 30.9 Å². The third-order valence-electron chi connectivity index (χ3n) is 3.90. The number of anilines is 1. The molecule has 4 nitrogen and oxygen atoms in total. The molecule has 0 saturated carbocycles. The monoisotopic (exact) mass is 289 g/mol. The zero-order valence-electron chi connectivity index (χ0n) is 12.8. The molecule has 4 heteroatoms. The summed E-state index contributed by atoms with van der Waals surface area (Å²) in [4.78, 5) is 25.9. The van der Waals surface area contributed by atoms with E-state index in [-0.39, 0.29) is 17.8 Å². The predicted molar refractivity (Wildman–Crippen MR) is 82.7 cm³/mol. The smallest absolute Gasteiger partial charge is 0.328 e. The third kappa shape index (κ3) is 3.63. The van der Waals surface area contributed by atoms with Crippen LogP contribution < -0.4 is 4.90 Å². The van der Waals surface area contributed by atoms with Crippen LogP contribution in [0.4, 0.5) is 5.69 Å². The maximum Gasteiger partial charge on any atom is 0.328 e. The summed E-state index contributed by atoms with van der Waals surface area (Å²) in [5.41, 5.74) is 1.71. The summed E-state index contributed by atoms with van der Waals surface area (Å²) in [6.07, 6.45) is 3.46. The van der Waals surface area contributed by atoms with Gasteiger partial charge >= 0.3 is 5.97 Å². The fourth-order valence-electron chi connectivity index (χ4n) is 2.77. The Morgan fingerprint density at radius 2 is 1.90 bits per heavy atom. The lowest BCUT2D eigenvalue weighted by Crippen LogP contribution is -2.45. The number of ether oxygens (including phenoxy) is 1. The first-order chi connectivity index (χ1) is 10.2. The second-order valence-corrected chi connectivity index (χ2v) is 5.28. The summed E-state index contributed by atoms with van der Waals surface area (Å²) >= 11 is 0. The van der Waals surface area contributed by atoms with E-state index in [4.69, 9.17) is 4.74 Å². The van der Waals surface area contributed by atoms with E-state index >= 15 is 0 Å². The second-order valence-electron chi connectivity index (χ2n) is 5.28. The first kappa shape index (κ1) is 15.5. The Kier molecular flexibility index (Phi) is 5.37. The van der Waals surface area contributed by atoms with Crippen molar-refractivity contribution in [3.05, 3.63) is 29.8 Å². The van der Waals surface area contributed by atoms with Crippen molar-refractivity contribution in [2.75, 3.05) is 18.1 Å². The molecular formula is C17H23NO3. The molecule has 1 aromatic rings. The molecule has 0 aromatic heterocycles. The molecule has 0 radical (unpaired) electrons. The molecule has 0 N–H and O–H groups in total. The van der Waals surface area contributed by atoms with Gasteiger partial charge in [0.15, 0.2) is 5.78 Å². The largest absolute Gasteiger partial charge is 0.464 e. The van der Waals surface area contributed by atoms with Gasteiger partial charge in [-0.1, -0.05) is 6.92 Å². The number of hydrogen-bond donors (Lipinski definition) is 0. The maximum atomic E-state index is 12.1. The number of carbonyl (C=O) groups excluding carboxylic acids is 2. The third-order valence-corrected chi connectivity index (χ3v) is 3.90. The van der Waals surface area contributed by atoms with Gasteiger partial charge in [-0.2, -0.15) is 0 Å². The number of piperidine rings is 1. The summed E-state index contributed by atoms with van der Waals surface area (Å²) in [6, 6.07) is 7.35. The molecule has 1 atom stereocenters. The van der Waals surface area contributed by atoms with Crippen LogP contribution in [0.25, 0.3) is 0 Å². The lowest BCUT2D eigenvalue weighted by atomic mass is 10.0. The van der Waals surface area contributed by atoms with Crippen molar-refractivity contribution in [1.29, 1.82) is 0 Å². The number of hydrogen-bond acceptors (Lipinski definition) is 4. The first-order valence-corrected chi connectivity index (χ1v) is 7.74. The van der Waals surface area contributed by atoms with Gasteiger partial charge in [0, 0.05) is 24.2 Å². The van der Waals surface area contributed by atoms with Gasteiger partial charge in [0.25, 0.3) is 0 Å². The lowest BCUT2D eigenvalue weighted by molar-refractivity contribution is -0.145. The van der Waals surface area contributed by atoms with Crippen LogP contribution in [0.1, 0.15) is 49.9 Å². The number of benzene rings is 1. The van der Waals surface area contributed by atoms with Crippen LogP contribution in [0.15, 0.2) is 24.3 Å². The average molecular weight is 289 g/mol. The Labute approximate surface area is 126 Å². The molecular weight excluding hydrogens is 266 g/mol. The Hall–Kier alpha value is -1.84. The summed E-state index contributed by atoms with van der Waals surface area (Å²) in [5, 5.41) is 0. The summed E-state index contributed by atoms with van der Waals surface area (Å²) in [7, 11) is 0. The Morgan fingerprint density at radius 1 is 1.19 bits per heavy atom. The lowest BCUT2D eigenvalue weighted by Gasteiger charge is -2.35. The predicted octanol–water partition coefficient (Wildman–Crippen LogP) is 3.20. The van der Waals surface area contributed by atoms with Gasteiger partial charge in [0.05, 0.1) is 6.61 Å². The van der Waals surface area contributed by atoms with Crippen LogP contribution >= 0.6 is 0 Å². The van der Waals surface area contributed by atoms with E-state index < -0.39 is 0 Å². The highest BCUT2D eigenvalue weighted by Crippen LogP contribution is 2.26. The first-order valence-electron chi connectivity index (χ1n) is 7.74. The van der Waals surface area contributed by atoms with E-state index in [1.807, 2.05) is 38.1 Å². The molecule has 0 aliphatic carbocycles. The number of rotatable bonds is 5. The van der Waals surface area contributed by atoms with E-state index in [1.165, 1.54) is 0 Å². The van der Waals surface area contributed by atoms with Crippen LogP contribution in [0.3, 0.4) is 0 Å². The number of esters is 1. The van der Waals surface area contributed by atoms with Gasteiger partial charge in [-0.25, -0.2) is 4.79 Å². The van der Waals surface area contributed by atoms with E-state index in [2.05, 4.69) is 4.90 Å². The fourth-order valence-corrected chi connectivity index (χ4v) is 2.77. The quantitative estimate of drug-likeness (QED) is 0.617. The summed E-state index contributed by atoms with van der Waals surface area (Å²) in [6.45, 7) is 4.95. The molecule has 1 unspecified atom stereocenters. The van der Waals surface area contributed by atoms with Crippen LogP contribution in [0.5, 0.6) is 0 Å². The SMILES string of the molecule is CCOC(=O)C1CCCCN1c1ccc(C(=O)CC)cc1. The zero-order chi connectivity index (χ0) is 15.2. The molecule has 1 saturated heterocycles. The molecule has 0 spiro atoms. The zero-order valence-corrected chi connectivity index (χ0v) is 12.8. The van der Waals surface area contributed by atoms with Gasteiger partial charge < -0.3 is 9.64 Å². The number of ketones is 1. The van der Waals surface area contributed by atoms with Crippen molar-refractivity contribution in [1.82, 2.24) is 0 Å². The highest BCUT2D eigenvalue weighted by molar-refractivity contribution is 5.96. The molecule has 1 aromatic carbocycles. The van der Waals surface area contributed by atoms with Crippen LogP contribution in [0.2, 0.25) is 0 Å². The van der Waals surface area contributed by atoms with Gasteiger partial charge in [0.2, 0.25) is 0 Å². The van der Waals surface area contributed by atoms with Crippen LogP contribution in [0, 0.1) is 0 Å². The van der Waals surface area contributed by atoms with Crippen molar-refractivity contribution in [3.8, 4) is 0 Å². The van der Waals surface area contributed by atoms with Crippen LogP contribution in [-0.2, 0) is 9.53 Å². The van der Waals surface area contributed by atoms with Gasteiger partial charge in [-0.3, -0.25) is 4.79 Å². The van der Waals surface area contributed by atoms with Gasteiger partial charge in [-0.15, -0.1) is 0 Å². The molecule has 1 fully saturated rings. The molecule has 1 aliphatic rings. The van der Waals surface area contributed by atoms with E-state index in [0.29, 0.717) is 13.0 Å². The van der Waals surface area contributed by atoms with Crippen molar-refractivity contribution < 1.29 is 14.3 Å². The molecule has 1 aliphatic heterocycles. The number of Topliss-reactive ketones (excluding diaryl/α,β-unsaturated/α-hetero) is 1. The van der Waals surface area contributed by atoms with E-state index in [1.54, 1.807) is 0 Å². The molecule has 21 heavy (non-hydrogen) atoms. The molecule has 114 valence electrons. The van der Waals surface area contributed by atoms with Gasteiger partial charge in [0.1, 0.15) is 6.04 Å².